The molecule has 3 aromatic rings. The second kappa shape index (κ2) is 16.5. The highest BCUT2D eigenvalue weighted by atomic mass is 16.5. The Kier molecular flexibility index (Phi) is 13.2. The molecule has 0 heterocycles. The van der Waals surface area contributed by atoms with Gasteiger partial charge in [0.05, 0.1) is 16.4 Å². The fourth-order valence-corrected chi connectivity index (χ4v) is 5.55. The van der Waals surface area contributed by atoms with Gasteiger partial charge in [0.15, 0.2) is 0 Å². The molecule has 1 fully saturated rings. The highest BCUT2D eigenvalue weighted by Gasteiger charge is 2.32. The molecule has 0 aliphatic heterocycles. The number of aliphatic hydroxyl groups is 1. The lowest BCUT2D eigenvalue weighted by atomic mass is 9.80. The number of carbonyl (C=O) groups excluding carboxylic acids is 2. The van der Waals surface area contributed by atoms with Crippen LogP contribution in [0.25, 0.3) is 0 Å². The van der Waals surface area contributed by atoms with E-state index in [-0.39, 0.29) is 17.7 Å². The lowest BCUT2D eigenvalue weighted by Crippen LogP contribution is -2.29. The molecule has 0 radical (unpaired) electrons. The van der Waals surface area contributed by atoms with Gasteiger partial charge in [-0.1, -0.05) is 83.4 Å². The van der Waals surface area contributed by atoms with E-state index in [1.165, 1.54) is 25.0 Å². The van der Waals surface area contributed by atoms with Gasteiger partial charge < -0.3 is 19.7 Å². The maximum atomic E-state index is 12.0. The Balaban J connectivity index is 0.000000202. The lowest BCUT2D eigenvalue weighted by molar-refractivity contribution is -0.144. The zero-order valence-electron chi connectivity index (χ0n) is 29.8. The number of rotatable bonds is 7. The van der Waals surface area contributed by atoms with Gasteiger partial charge in [-0.15, -0.1) is 0 Å². The second-order valence-electron chi connectivity index (χ2n) is 14.5. The second-order valence-corrected chi connectivity index (χ2v) is 14.5. The zero-order chi connectivity index (χ0) is 34.8. The third-order valence-electron chi connectivity index (χ3n) is 10.1. The van der Waals surface area contributed by atoms with Gasteiger partial charge in [-0.25, -0.2) is 0 Å². The summed E-state index contributed by atoms with van der Waals surface area (Å²) < 4.78 is 10.6. The molecule has 1 saturated carbocycles. The van der Waals surface area contributed by atoms with Crippen molar-refractivity contribution in [3.63, 3.8) is 0 Å². The van der Waals surface area contributed by atoms with E-state index in [1.54, 1.807) is 35.4 Å². The predicted octanol–water partition coefficient (Wildman–Crippen LogP) is 9.90. The van der Waals surface area contributed by atoms with Crippen LogP contribution in [0.2, 0.25) is 0 Å². The van der Waals surface area contributed by atoms with E-state index in [0.717, 1.165) is 55.9 Å². The van der Waals surface area contributed by atoms with Gasteiger partial charge in [0, 0.05) is 0 Å². The lowest BCUT2D eigenvalue weighted by Gasteiger charge is -2.32. The van der Waals surface area contributed by atoms with E-state index < -0.39 is 16.4 Å². The van der Waals surface area contributed by atoms with Gasteiger partial charge in [-0.05, 0) is 125 Å². The van der Waals surface area contributed by atoms with Crippen molar-refractivity contribution in [2.45, 2.75) is 118 Å². The molecular formula is C41H56O6. The molecule has 0 aromatic heterocycles. The SMILES string of the molecule is CC1Cc2ccccc2C1C.CCC(C)(C)C(=O)Oc1ccc(C2(O)CCCCC2)cc1.CCC(C)(C)C(=O)Oc1ccc(O)cc1. The molecule has 3 aromatic carbocycles. The monoisotopic (exact) mass is 644 g/mol. The van der Waals surface area contributed by atoms with E-state index in [4.69, 9.17) is 14.6 Å². The number of hydrogen-bond acceptors (Lipinski definition) is 6. The van der Waals surface area contributed by atoms with Gasteiger partial charge in [0.2, 0.25) is 0 Å². The van der Waals surface area contributed by atoms with Crippen molar-refractivity contribution in [2.75, 3.05) is 0 Å². The van der Waals surface area contributed by atoms with Crippen molar-refractivity contribution in [3.05, 3.63) is 89.5 Å². The first kappa shape index (κ1) is 37.8. The van der Waals surface area contributed by atoms with Gasteiger partial charge in [-0.2, -0.15) is 0 Å². The molecule has 0 amide bonds. The Hall–Kier alpha value is -3.64. The summed E-state index contributed by atoms with van der Waals surface area (Å²) >= 11 is 0. The Bertz CT molecular complexity index is 1430. The van der Waals surface area contributed by atoms with Crippen LogP contribution in [0, 0.1) is 16.7 Å². The quantitative estimate of drug-likeness (QED) is 0.196. The highest BCUT2D eigenvalue weighted by molar-refractivity contribution is 5.78. The van der Waals surface area contributed by atoms with Crippen LogP contribution in [-0.4, -0.2) is 22.2 Å². The van der Waals surface area contributed by atoms with Crippen LogP contribution < -0.4 is 9.47 Å². The average Bonchev–Trinajstić information content (AvgIpc) is 3.36. The third-order valence-corrected chi connectivity index (χ3v) is 10.1. The van der Waals surface area contributed by atoms with Crippen molar-refractivity contribution in [1.29, 1.82) is 0 Å². The van der Waals surface area contributed by atoms with Crippen LogP contribution in [0.5, 0.6) is 17.2 Å². The summed E-state index contributed by atoms with van der Waals surface area (Å²) in [5, 5.41) is 19.7. The molecule has 0 saturated heterocycles. The van der Waals surface area contributed by atoms with E-state index in [2.05, 4.69) is 38.1 Å². The summed E-state index contributed by atoms with van der Waals surface area (Å²) in [7, 11) is 0. The van der Waals surface area contributed by atoms with Crippen LogP contribution >= 0.6 is 0 Å². The molecule has 6 heteroatoms. The minimum Gasteiger partial charge on any atom is -0.508 e. The number of phenolic OH excluding ortho intramolecular Hbond substituents is 1. The van der Waals surface area contributed by atoms with E-state index >= 15 is 0 Å². The van der Waals surface area contributed by atoms with Crippen LogP contribution in [0.3, 0.4) is 0 Å². The van der Waals surface area contributed by atoms with Crippen molar-refractivity contribution in [1.82, 2.24) is 0 Å². The zero-order valence-corrected chi connectivity index (χ0v) is 29.8. The molecule has 2 aliphatic carbocycles. The third kappa shape index (κ3) is 10.4. The van der Waals surface area contributed by atoms with Gasteiger partial charge >= 0.3 is 11.9 Å². The molecule has 47 heavy (non-hydrogen) atoms. The molecule has 2 N–H and O–H groups in total. The summed E-state index contributed by atoms with van der Waals surface area (Å²) in [6, 6.07) is 22.3. The molecule has 2 atom stereocenters. The molecule has 5 rings (SSSR count). The van der Waals surface area contributed by atoms with Gasteiger partial charge in [-0.3, -0.25) is 9.59 Å². The summed E-state index contributed by atoms with van der Waals surface area (Å²) in [4.78, 5) is 23.7. The van der Waals surface area contributed by atoms with Crippen molar-refractivity contribution in [3.8, 4) is 17.2 Å². The summed E-state index contributed by atoms with van der Waals surface area (Å²) in [6.45, 7) is 16.0. The first-order chi connectivity index (χ1) is 22.1. The number of fused-ring (bicyclic) bond motifs is 1. The minimum absolute atomic E-state index is 0.157. The van der Waals surface area contributed by atoms with E-state index in [9.17, 15) is 14.7 Å². The normalized spacial score (nSPS) is 18.4. The molecule has 2 aliphatic rings. The average molecular weight is 645 g/mol. The molecule has 256 valence electrons. The topological polar surface area (TPSA) is 93.1 Å². The molecular weight excluding hydrogens is 588 g/mol. The van der Waals surface area contributed by atoms with Crippen LogP contribution in [-0.2, 0) is 21.6 Å². The number of aromatic hydroxyl groups is 1. The van der Waals surface area contributed by atoms with Crippen molar-refractivity contribution in [2.24, 2.45) is 16.7 Å². The number of hydrogen-bond donors (Lipinski definition) is 2. The number of carbonyl (C=O) groups is 2. The van der Waals surface area contributed by atoms with Crippen LogP contribution in [0.4, 0.5) is 0 Å². The summed E-state index contributed by atoms with van der Waals surface area (Å²) in [6.07, 6.45) is 7.70. The van der Waals surface area contributed by atoms with Crippen LogP contribution in [0.1, 0.15) is 123 Å². The van der Waals surface area contributed by atoms with Crippen molar-refractivity contribution < 1.29 is 29.3 Å². The fourth-order valence-electron chi connectivity index (χ4n) is 5.55. The first-order valence-corrected chi connectivity index (χ1v) is 17.3. The van der Waals surface area contributed by atoms with Gasteiger partial charge in [0.1, 0.15) is 17.2 Å². The number of esters is 2. The largest absolute Gasteiger partial charge is 0.508 e. The molecule has 0 spiro atoms. The summed E-state index contributed by atoms with van der Waals surface area (Å²) in [5.74, 6) is 2.30. The van der Waals surface area contributed by atoms with Crippen molar-refractivity contribution >= 4 is 11.9 Å². The molecule has 0 bridgehead atoms. The first-order valence-electron chi connectivity index (χ1n) is 17.3. The number of ether oxygens (including phenoxy) is 2. The van der Waals surface area contributed by atoms with E-state index in [1.807, 2.05) is 53.7 Å². The minimum atomic E-state index is -0.705. The molecule has 6 nitrogen and oxygen atoms in total. The number of benzene rings is 3. The van der Waals surface area contributed by atoms with Gasteiger partial charge in [0.25, 0.3) is 0 Å². The maximum absolute atomic E-state index is 12.0. The van der Waals surface area contributed by atoms with Crippen LogP contribution in [0.15, 0.2) is 72.8 Å². The highest BCUT2D eigenvalue weighted by Crippen LogP contribution is 2.38. The summed E-state index contributed by atoms with van der Waals surface area (Å²) in [5.41, 5.74) is 2.41. The Morgan fingerprint density at radius 3 is 1.68 bits per heavy atom. The van der Waals surface area contributed by atoms with E-state index in [0.29, 0.717) is 11.5 Å². The number of phenols is 1. The Morgan fingerprint density at radius 2 is 1.21 bits per heavy atom. The molecule has 2 unspecified atom stereocenters. The Morgan fingerprint density at radius 1 is 0.745 bits per heavy atom. The Labute approximate surface area is 282 Å². The smallest absolute Gasteiger partial charge is 0.316 e. The standard InChI is InChI=1S/C18H26O3.C12H16O3.C11H14/c1-4-17(2,3)16(19)21-15-10-8-14(9-11-15)18(20)12-6-5-7-13-18;1-4-12(2,3)11(14)15-10-7-5-9(13)6-8-10;1-8-7-10-5-3-4-6-11(10)9(8)2/h8-11,20H,4-7,12-13H2,1-3H3;5-8,13H,4H2,1-3H3;3-6,8-9H,7H2,1-2H3. The predicted molar refractivity (Wildman–Crippen MR) is 189 cm³/mol. The maximum Gasteiger partial charge on any atom is 0.316 e. The fraction of sp³-hybridized carbons (Fsp3) is 0.512.